The van der Waals surface area contributed by atoms with Crippen molar-refractivity contribution >= 4 is 26.0 Å². The average molecular weight is 392 g/mol. The van der Waals surface area contributed by atoms with Crippen LogP contribution in [-0.2, 0) is 10.0 Å². The van der Waals surface area contributed by atoms with Crippen molar-refractivity contribution in [2.45, 2.75) is 11.3 Å². The maximum Gasteiger partial charge on any atom is 0.240 e. The molecule has 124 valence electrons. The van der Waals surface area contributed by atoms with Gasteiger partial charge in [0.15, 0.2) is 0 Å². The number of hydrogen-bond donors (Lipinski definition) is 2. The van der Waals surface area contributed by atoms with Crippen LogP contribution in [0.4, 0.5) is 0 Å². The van der Waals surface area contributed by atoms with Gasteiger partial charge in [0.05, 0.1) is 16.5 Å². The van der Waals surface area contributed by atoms with Crippen LogP contribution in [0.15, 0.2) is 27.6 Å². The number of hydrogen-bond acceptors (Lipinski definition) is 5. The standard InChI is InChI=1S/C14H22BrN3O3S/c1-21-14-11-12(3-4-13(14)15)22(19,20)17-5-2-8-18-9-6-16-7-10-18/h3-4,11,16-17H,2,5-10H2,1H3. The SMILES string of the molecule is COc1cc(S(=O)(=O)NCCCN2CCNCC2)ccc1Br. The lowest BCUT2D eigenvalue weighted by molar-refractivity contribution is 0.239. The van der Waals surface area contributed by atoms with Gasteiger partial charge in [0, 0.05) is 38.8 Å². The molecule has 1 heterocycles. The van der Waals surface area contributed by atoms with E-state index in [9.17, 15) is 8.42 Å². The molecule has 0 aromatic heterocycles. The van der Waals surface area contributed by atoms with E-state index in [0.717, 1.165) is 43.6 Å². The Labute approximate surface area is 140 Å². The van der Waals surface area contributed by atoms with Crippen LogP contribution >= 0.6 is 15.9 Å². The van der Waals surface area contributed by atoms with Gasteiger partial charge in [0.2, 0.25) is 10.0 Å². The lowest BCUT2D eigenvalue weighted by Crippen LogP contribution is -2.44. The van der Waals surface area contributed by atoms with Crippen LogP contribution in [0.25, 0.3) is 0 Å². The monoisotopic (exact) mass is 391 g/mol. The van der Waals surface area contributed by atoms with E-state index in [-0.39, 0.29) is 4.90 Å². The van der Waals surface area contributed by atoms with E-state index in [4.69, 9.17) is 4.74 Å². The molecule has 1 fully saturated rings. The first-order chi connectivity index (χ1) is 10.5. The summed E-state index contributed by atoms with van der Waals surface area (Å²) in [6.45, 7) is 5.40. The zero-order chi connectivity index (χ0) is 16.0. The molecule has 1 aromatic rings. The van der Waals surface area contributed by atoms with Gasteiger partial charge in [-0.15, -0.1) is 0 Å². The second-order valence-corrected chi connectivity index (χ2v) is 7.76. The van der Waals surface area contributed by atoms with Gasteiger partial charge in [-0.3, -0.25) is 0 Å². The third kappa shape index (κ3) is 4.92. The summed E-state index contributed by atoms with van der Waals surface area (Å²) in [5, 5.41) is 3.30. The Morgan fingerprint density at radius 3 is 2.77 bits per heavy atom. The Balaban J connectivity index is 1.85. The maximum absolute atomic E-state index is 12.3. The number of piperazine rings is 1. The number of rotatable bonds is 7. The fourth-order valence-electron chi connectivity index (χ4n) is 2.33. The fourth-order valence-corrected chi connectivity index (χ4v) is 3.83. The summed E-state index contributed by atoms with van der Waals surface area (Å²) in [4.78, 5) is 2.56. The predicted molar refractivity (Wildman–Crippen MR) is 89.8 cm³/mol. The Morgan fingerprint density at radius 1 is 1.36 bits per heavy atom. The van der Waals surface area contributed by atoms with Crippen molar-refractivity contribution in [1.29, 1.82) is 0 Å². The van der Waals surface area contributed by atoms with Crippen molar-refractivity contribution in [2.24, 2.45) is 0 Å². The smallest absolute Gasteiger partial charge is 0.240 e. The van der Waals surface area contributed by atoms with Crippen LogP contribution in [0, 0.1) is 0 Å². The van der Waals surface area contributed by atoms with Gasteiger partial charge in [-0.05, 0) is 41.0 Å². The number of ether oxygens (including phenoxy) is 1. The molecule has 0 bridgehead atoms. The van der Waals surface area contributed by atoms with Crippen LogP contribution in [0.3, 0.4) is 0 Å². The molecule has 22 heavy (non-hydrogen) atoms. The van der Waals surface area contributed by atoms with Gasteiger partial charge in [0.25, 0.3) is 0 Å². The molecule has 8 heteroatoms. The molecule has 0 aliphatic carbocycles. The summed E-state index contributed by atoms with van der Waals surface area (Å²) >= 11 is 3.31. The minimum absolute atomic E-state index is 0.217. The second-order valence-electron chi connectivity index (χ2n) is 5.14. The molecule has 0 amide bonds. The molecular formula is C14H22BrN3O3S. The lowest BCUT2D eigenvalue weighted by atomic mass is 10.3. The van der Waals surface area contributed by atoms with Gasteiger partial charge >= 0.3 is 0 Å². The number of benzene rings is 1. The average Bonchev–Trinajstić information content (AvgIpc) is 2.53. The highest BCUT2D eigenvalue weighted by Gasteiger charge is 2.16. The van der Waals surface area contributed by atoms with Crippen molar-refractivity contribution in [3.05, 3.63) is 22.7 Å². The number of sulfonamides is 1. The molecule has 2 rings (SSSR count). The molecule has 0 spiro atoms. The summed E-state index contributed by atoms with van der Waals surface area (Å²) < 4.78 is 33.0. The van der Waals surface area contributed by atoms with Crippen LogP contribution in [0.2, 0.25) is 0 Å². The lowest BCUT2D eigenvalue weighted by Gasteiger charge is -2.27. The first-order valence-electron chi connectivity index (χ1n) is 7.29. The first kappa shape index (κ1) is 17.7. The minimum Gasteiger partial charge on any atom is -0.496 e. The minimum atomic E-state index is -3.49. The largest absolute Gasteiger partial charge is 0.496 e. The zero-order valence-electron chi connectivity index (χ0n) is 12.6. The van der Waals surface area contributed by atoms with E-state index in [1.54, 1.807) is 12.1 Å². The van der Waals surface area contributed by atoms with Gasteiger partial charge < -0.3 is 15.0 Å². The zero-order valence-corrected chi connectivity index (χ0v) is 15.0. The van der Waals surface area contributed by atoms with Crippen LogP contribution in [-0.4, -0.2) is 59.7 Å². The quantitative estimate of drug-likeness (QED) is 0.679. The highest BCUT2D eigenvalue weighted by Crippen LogP contribution is 2.27. The summed E-state index contributed by atoms with van der Waals surface area (Å²) in [7, 11) is -1.98. The molecule has 0 saturated carbocycles. The van der Waals surface area contributed by atoms with E-state index in [1.807, 2.05) is 0 Å². The molecule has 0 atom stereocenters. The Morgan fingerprint density at radius 2 is 2.09 bits per heavy atom. The topological polar surface area (TPSA) is 70.7 Å². The van der Waals surface area contributed by atoms with E-state index < -0.39 is 10.0 Å². The molecule has 2 N–H and O–H groups in total. The Bertz CT molecular complexity index is 589. The van der Waals surface area contributed by atoms with Gasteiger partial charge in [-0.25, -0.2) is 13.1 Å². The molecule has 0 radical (unpaired) electrons. The van der Waals surface area contributed by atoms with Gasteiger partial charge in [0.1, 0.15) is 5.75 Å². The Hall–Kier alpha value is -0.670. The highest BCUT2D eigenvalue weighted by atomic mass is 79.9. The predicted octanol–water partition coefficient (Wildman–Crippen LogP) is 1.03. The highest BCUT2D eigenvalue weighted by molar-refractivity contribution is 9.10. The van der Waals surface area contributed by atoms with E-state index >= 15 is 0 Å². The third-order valence-electron chi connectivity index (χ3n) is 3.59. The van der Waals surface area contributed by atoms with Crippen LogP contribution < -0.4 is 14.8 Å². The summed E-state index contributed by atoms with van der Waals surface area (Å²) in [6.07, 6.45) is 0.799. The van der Waals surface area contributed by atoms with Crippen molar-refractivity contribution in [2.75, 3.05) is 46.4 Å². The number of methoxy groups -OCH3 is 1. The van der Waals surface area contributed by atoms with E-state index in [1.165, 1.54) is 13.2 Å². The summed E-state index contributed by atoms with van der Waals surface area (Å²) in [6, 6.07) is 4.75. The summed E-state index contributed by atoms with van der Waals surface area (Å²) in [5.41, 5.74) is 0. The molecule has 0 unspecified atom stereocenters. The molecule has 6 nitrogen and oxygen atoms in total. The van der Waals surface area contributed by atoms with Crippen molar-refractivity contribution < 1.29 is 13.2 Å². The van der Waals surface area contributed by atoms with Crippen LogP contribution in [0.1, 0.15) is 6.42 Å². The fraction of sp³-hybridized carbons (Fsp3) is 0.571. The molecule has 1 aliphatic heterocycles. The number of halogens is 1. The van der Waals surface area contributed by atoms with E-state index in [0.29, 0.717) is 12.3 Å². The molecule has 1 saturated heterocycles. The molecule has 1 aliphatic rings. The Kier molecular flexibility index (Phi) is 6.64. The molecular weight excluding hydrogens is 370 g/mol. The molecule has 1 aromatic carbocycles. The second kappa shape index (κ2) is 8.26. The normalized spacial score (nSPS) is 16.6. The van der Waals surface area contributed by atoms with Gasteiger partial charge in [-0.1, -0.05) is 0 Å². The maximum atomic E-state index is 12.3. The third-order valence-corrected chi connectivity index (χ3v) is 5.70. The number of nitrogens with zero attached hydrogens (tertiary/aromatic N) is 1. The van der Waals surface area contributed by atoms with Crippen LogP contribution in [0.5, 0.6) is 5.75 Å². The summed E-state index contributed by atoms with van der Waals surface area (Å²) in [5.74, 6) is 0.503. The van der Waals surface area contributed by atoms with Gasteiger partial charge in [-0.2, -0.15) is 0 Å². The number of nitrogens with one attached hydrogen (secondary N) is 2. The van der Waals surface area contributed by atoms with Crippen molar-refractivity contribution in [1.82, 2.24) is 14.9 Å². The van der Waals surface area contributed by atoms with Crippen molar-refractivity contribution in [3.8, 4) is 5.75 Å². The van der Waals surface area contributed by atoms with E-state index in [2.05, 4.69) is 30.9 Å². The van der Waals surface area contributed by atoms with Crippen molar-refractivity contribution in [3.63, 3.8) is 0 Å². The first-order valence-corrected chi connectivity index (χ1v) is 9.57.